The van der Waals surface area contributed by atoms with Crippen molar-refractivity contribution in [3.05, 3.63) is 59.7 Å². The Morgan fingerprint density at radius 1 is 1.00 bits per heavy atom. The van der Waals surface area contributed by atoms with Crippen LogP contribution >= 0.6 is 0 Å². The molecule has 2 aromatic rings. The Bertz CT molecular complexity index is 911. The normalized spacial score (nSPS) is 12.5. The van der Waals surface area contributed by atoms with Crippen LogP contribution in [0.5, 0.6) is 11.5 Å². The summed E-state index contributed by atoms with van der Waals surface area (Å²) in [5.74, 6) is -1.22. The minimum absolute atomic E-state index is 0.0271. The first kappa shape index (κ1) is 20.7. The van der Waals surface area contributed by atoms with Crippen LogP contribution < -0.4 is 15.3 Å². The van der Waals surface area contributed by atoms with E-state index < -0.39 is 18.0 Å². The quantitative estimate of drug-likeness (QED) is 0.575. The highest BCUT2D eigenvalue weighted by Crippen LogP contribution is 2.26. The molecule has 0 fully saturated rings. The molecular weight excluding hydrogens is 379 g/mol. The van der Waals surface area contributed by atoms with Crippen LogP contribution in [0.4, 0.5) is 13.2 Å². The van der Waals surface area contributed by atoms with Gasteiger partial charge < -0.3 is 20.1 Å². The van der Waals surface area contributed by atoms with Crippen molar-refractivity contribution in [3.63, 3.8) is 0 Å². The summed E-state index contributed by atoms with van der Waals surface area (Å²) in [5, 5.41) is 7.52. The molecule has 0 atom stereocenters. The van der Waals surface area contributed by atoms with E-state index in [0.29, 0.717) is 16.8 Å². The number of halogens is 3. The summed E-state index contributed by atoms with van der Waals surface area (Å²) in [6.45, 7) is 1.58. The van der Waals surface area contributed by atoms with Gasteiger partial charge in [-0.2, -0.15) is 0 Å². The zero-order valence-electron chi connectivity index (χ0n) is 14.9. The molecule has 0 saturated carbocycles. The van der Waals surface area contributed by atoms with E-state index in [4.69, 9.17) is 10.6 Å². The minimum Gasteiger partial charge on any atom is -0.406 e. The largest absolute Gasteiger partial charge is 0.573 e. The van der Waals surface area contributed by atoms with Crippen LogP contribution in [0.25, 0.3) is 0 Å². The van der Waals surface area contributed by atoms with Crippen molar-refractivity contribution in [3.8, 4) is 11.5 Å². The molecule has 0 aromatic heterocycles. The highest BCUT2D eigenvalue weighted by Gasteiger charge is 2.31. The molecular formula is C18H16F3N3O4. The zero-order valence-corrected chi connectivity index (χ0v) is 14.9. The Hall–Kier alpha value is -3.56. The third kappa shape index (κ3) is 5.73. The average molecular weight is 395 g/mol. The maximum absolute atomic E-state index is 12.3. The van der Waals surface area contributed by atoms with Crippen LogP contribution in [-0.4, -0.2) is 30.8 Å². The fourth-order valence-electron chi connectivity index (χ4n) is 2.22. The third-order valence-electron chi connectivity index (χ3n) is 3.32. The Balaban J connectivity index is 2.29. The van der Waals surface area contributed by atoms with Gasteiger partial charge >= 0.3 is 6.36 Å². The van der Waals surface area contributed by atoms with Gasteiger partial charge in [0.2, 0.25) is 0 Å². The molecule has 0 bridgehead atoms. The average Bonchev–Trinajstić information content (AvgIpc) is 2.63. The molecule has 7 nitrogen and oxygen atoms in total. The summed E-state index contributed by atoms with van der Waals surface area (Å²) >= 11 is 0. The predicted octanol–water partition coefficient (Wildman–Crippen LogP) is 3.22. The second-order valence-electron chi connectivity index (χ2n) is 5.32. The number of ether oxygens (including phenoxy) is 1. The van der Waals surface area contributed by atoms with Crippen LogP contribution in [0.15, 0.2) is 58.8 Å². The van der Waals surface area contributed by atoms with Crippen LogP contribution in [0.3, 0.4) is 0 Å². The first-order chi connectivity index (χ1) is 13.2. The molecule has 10 heteroatoms. The molecule has 1 amide bonds. The van der Waals surface area contributed by atoms with Crippen molar-refractivity contribution in [1.82, 2.24) is 0 Å². The summed E-state index contributed by atoms with van der Waals surface area (Å²) < 4.78 is 40.7. The van der Waals surface area contributed by atoms with E-state index in [1.807, 2.05) is 0 Å². The van der Waals surface area contributed by atoms with E-state index in [1.165, 1.54) is 19.2 Å². The van der Waals surface area contributed by atoms with Gasteiger partial charge in [0.05, 0.1) is 5.71 Å². The molecule has 0 radical (unpaired) electrons. The maximum atomic E-state index is 12.3. The van der Waals surface area contributed by atoms with Gasteiger partial charge in [0.1, 0.15) is 12.9 Å². The van der Waals surface area contributed by atoms with E-state index >= 15 is 0 Å². The number of benzene rings is 2. The van der Waals surface area contributed by atoms with E-state index in [2.05, 4.69) is 19.9 Å². The highest BCUT2D eigenvalue weighted by molar-refractivity contribution is 6.46. The number of hydrogen-bond acceptors (Lipinski definition) is 6. The van der Waals surface area contributed by atoms with Gasteiger partial charge in [-0.05, 0) is 19.1 Å². The van der Waals surface area contributed by atoms with Crippen molar-refractivity contribution in [2.75, 3.05) is 7.11 Å². The number of carbonyl (C=O) groups excluding carboxylic acids is 1. The van der Waals surface area contributed by atoms with Gasteiger partial charge in [-0.3, -0.25) is 4.79 Å². The first-order valence-corrected chi connectivity index (χ1v) is 7.79. The zero-order chi connectivity index (χ0) is 20.7. The van der Waals surface area contributed by atoms with Gasteiger partial charge in [-0.1, -0.05) is 40.6 Å². The Kier molecular flexibility index (Phi) is 6.59. The van der Waals surface area contributed by atoms with E-state index in [9.17, 15) is 18.0 Å². The van der Waals surface area contributed by atoms with Gasteiger partial charge in [-0.15, -0.1) is 13.2 Å². The van der Waals surface area contributed by atoms with Gasteiger partial charge in [0.25, 0.3) is 5.91 Å². The molecule has 2 aromatic carbocycles. The van der Waals surface area contributed by atoms with E-state index in [0.717, 1.165) is 12.1 Å². The molecule has 2 N–H and O–H groups in total. The SMILES string of the molecule is CON=C(C(N)=O)c1ccccc1C(C)=NOc1cccc(OC(F)(F)F)c1. The standard InChI is InChI=1S/C18H16F3N3O4/c1-11(14-8-3-4-9-15(14)16(17(22)25)24-26-2)23-28-13-7-5-6-12(10-13)27-18(19,20)21/h3-10H,1-2H3,(H2,22,25). The first-order valence-electron chi connectivity index (χ1n) is 7.79. The Labute approximate surface area is 158 Å². The number of rotatable bonds is 7. The summed E-state index contributed by atoms with van der Waals surface area (Å²) in [6.07, 6.45) is -4.82. The fourth-order valence-corrected chi connectivity index (χ4v) is 2.22. The topological polar surface area (TPSA) is 95.5 Å². The number of nitrogens with zero attached hydrogens (tertiary/aromatic N) is 2. The monoisotopic (exact) mass is 395 g/mol. The smallest absolute Gasteiger partial charge is 0.406 e. The number of primary amides is 1. The lowest BCUT2D eigenvalue weighted by molar-refractivity contribution is -0.274. The van der Waals surface area contributed by atoms with Gasteiger partial charge in [0.15, 0.2) is 11.5 Å². The summed E-state index contributed by atoms with van der Waals surface area (Å²) in [6, 6.07) is 11.5. The Morgan fingerprint density at radius 3 is 2.25 bits per heavy atom. The van der Waals surface area contributed by atoms with Crippen LogP contribution in [0.2, 0.25) is 0 Å². The lowest BCUT2D eigenvalue weighted by Crippen LogP contribution is -2.26. The van der Waals surface area contributed by atoms with E-state index in [-0.39, 0.29) is 11.5 Å². The molecule has 28 heavy (non-hydrogen) atoms. The molecule has 0 aliphatic carbocycles. The number of alkyl halides is 3. The lowest BCUT2D eigenvalue weighted by Gasteiger charge is -2.10. The summed E-state index contributed by atoms with van der Waals surface area (Å²) in [4.78, 5) is 21.5. The molecule has 148 valence electrons. The molecule has 0 aliphatic heterocycles. The van der Waals surface area contributed by atoms with Crippen molar-refractivity contribution < 1.29 is 32.4 Å². The van der Waals surface area contributed by atoms with Gasteiger partial charge in [-0.25, -0.2) is 0 Å². The summed E-state index contributed by atoms with van der Waals surface area (Å²) in [5.41, 5.74) is 6.36. The predicted molar refractivity (Wildman–Crippen MR) is 95.1 cm³/mol. The molecule has 0 heterocycles. The van der Waals surface area contributed by atoms with Crippen molar-refractivity contribution in [2.24, 2.45) is 16.0 Å². The van der Waals surface area contributed by atoms with Gasteiger partial charge in [0, 0.05) is 17.2 Å². The Morgan fingerprint density at radius 2 is 1.64 bits per heavy atom. The van der Waals surface area contributed by atoms with Crippen molar-refractivity contribution in [1.29, 1.82) is 0 Å². The van der Waals surface area contributed by atoms with Crippen LogP contribution in [0.1, 0.15) is 18.1 Å². The second kappa shape index (κ2) is 8.89. The fraction of sp³-hybridized carbons (Fsp3) is 0.167. The molecule has 0 spiro atoms. The third-order valence-corrected chi connectivity index (χ3v) is 3.32. The molecule has 2 rings (SSSR count). The lowest BCUT2D eigenvalue weighted by atomic mass is 9.99. The maximum Gasteiger partial charge on any atom is 0.573 e. The summed E-state index contributed by atoms with van der Waals surface area (Å²) in [7, 11) is 1.27. The minimum atomic E-state index is -4.82. The second-order valence-corrected chi connectivity index (χ2v) is 5.32. The molecule has 0 aliphatic rings. The number of hydrogen-bond donors (Lipinski definition) is 1. The van der Waals surface area contributed by atoms with Crippen LogP contribution in [0, 0.1) is 0 Å². The number of carbonyl (C=O) groups is 1. The van der Waals surface area contributed by atoms with E-state index in [1.54, 1.807) is 31.2 Å². The molecule has 0 unspecified atom stereocenters. The van der Waals surface area contributed by atoms with Crippen molar-refractivity contribution in [2.45, 2.75) is 13.3 Å². The van der Waals surface area contributed by atoms with Crippen molar-refractivity contribution >= 4 is 17.3 Å². The van der Waals surface area contributed by atoms with Crippen LogP contribution in [-0.2, 0) is 9.63 Å². The number of oxime groups is 2. The number of nitrogens with two attached hydrogens (primary N) is 1. The highest BCUT2D eigenvalue weighted by atomic mass is 19.4. The molecule has 0 saturated heterocycles. The number of amides is 1.